The van der Waals surface area contributed by atoms with Gasteiger partial charge in [-0.05, 0) is 35.7 Å². The SMILES string of the molecule is CC(=O)OCC1=C[C@H]2[C@H]1[C@H]1C=C[C@H]2C1. The van der Waals surface area contributed by atoms with E-state index in [1.54, 1.807) is 0 Å². The Morgan fingerprint density at radius 1 is 1.50 bits per heavy atom. The van der Waals surface area contributed by atoms with Crippen molar-refractivity contribution in [2.24, 2.45) is 23.7 Å². The zero-order valence-electron chi connectivity index (χ0n) is 8.27. The zero-order chi connectivity index (χ0) is 9.71. The van der Waals surface area contributed by atoms with E-state index in [4.69, 9.17) is 4.74 Å². The smallest absolute Gasteiger partial charge is 0.302 e. The van der Waals surface area contributed by atoms with Crippen molar-refractivity contribution in [3.8, 4) is 0 Å². The maximum absolute atomic E-state index is 10.7. The third-order valence-electron chi connectivity index (χ3n) is 3.80. The van der Waals surface area contributed by atoms with Gasteiger partial charge in [-0.15, -0.1) is 0 Å². The maximum Gasteiger partial charge on any atom is 0.302 e. The third kappa shape index (κ3) is 0.999. The van der Waals surface area contributed by atoms with Gasteiger partial charge in [-0.1, -0.05) is 18.2 Å². The van der Waals surface area contributed by atoms with E-state index in [0.29, 0.717) is 12.5 Å². The summed E-state index contributed by atoms with van der Waals surface area (Å²) >= 11 is 0. The molecule has 1 fully saturated rings. The van der Waals surface area contributed by atoms with Gasteiger partial charge in [0.05, 0.1) is 0 Å². The van der Waals surface area contributed by atoms with Crippen molar-refractivity contribution in [1.82, 2.24) is 0 Å². The van der Waals surface area contributed by atoms with Crippen molar-refractivity contribution >= 4 is 5.97 Å². The van der Waals surface area contributed by atoms with Crippen molar-refractivity contribution in [2.75, 3.05) is 6.61 Å². The molecule has 0 radical (unpaired) electrons. The largest absolute Gasteiger partial charge is 0.461 e. The Hall–Kier alpha value is -1.05. The summed E-state index contributed by atoms with van der Waals surface area (Å²) in [5.41, 5.74) is 1.35. The Bertz CT molecular complexity index is 340. The number of allylic oxidation sites excluding steroid dienone is 3. The number of fused-ring (bicyclic) bond motifs is 5. The van der Waals surface area contributed by atoms with Gasteiger partial charge in [0.15, 0.2) is 0 Å². The van der Waals surface area contributed by atoms with Crippen molar-refractivity contribution in [2.45, 2.75) is 13.3 Å². The molecule has 0 spiro atoms. The summed E-state index contributed by atoms with van der Waals surface area (Å²) in [7, 11) is 0. The van der Waals surface area contributed by atoms with Gasteiger partial charge in [0.2, 0.25) is 0 Å². The monoisotopic (exact) mass is 190 g/mol. The lowest BCUT2D eigenvalue weighted by Gasteiger charge is -2.36. The van der Waals surface area contributed by atoms with Crippen LogP contribution in [0.4, 0.5) is 0 Å². The average molecular weight is 190 g/mol. The molecule has 0 heterocycles. The highest BCUT2D eigenvalue weighted by molar-refractivity contribution is 5.66. The van der Waals surface area contributed by atoms with Crippen molar-refractivity contribution in [3.63, 3.8) is 0 Å². The number of hydrogen-bond donors (Lipinski definition) is 0. The minimum Gasteiger partial charge on any atom is -0.461 e. The van der Waals surface area contributed by atoms with Gasteiger partial charge in [-0.25, -0.2) is 0 Å². The van der Waals surface area contributed by atoms with E-state index in [1.165, 1.54) is 18.9 Å². The normalized spacial score (nSPS) is 41.6. The fourth-order valence-corrected chi connectivity index (χ4v) is 3.18. The van der Waals surface area contributed by atoms with Crippen LogP contribution < -0.4 is 0 Å². The highest BCUT2D eigenvalue weighted by Gasteiger charge is 2.49. The highest BCUT2D eigenvalue weighted by Crippen LogP contribution is 2.57. The van der Waals surface area contributed by atoms with Crippen LogP contribution in [0, 0.1) is 23.7 Å². The zero-order valence-corrected chi connectivity index (χ0v) is 8.27. The Labute approximate surface area is 83.6 Å². The topological polar surface area (TPSA) is 26.3 Å². The minimum atomic E-state index is -0.173. The molecule has 0 aliphatic heterocycles. The van der Waals surface area contributed by atoms with Gasteiger partial charge in [0.1, 0.15) is 6.61 Å². The first kappa shape index (κ1) is 8.27. The molecule has 1 saturated carbocycles. The molecule has 0 aromatic heterocycles. The van der Waals surface area contributed by atoms with Gasteiger partial charge in [0, 0.05) is 6.92 Å². The maximum atomic E-state index is 10.7. The Balaban J connectivity index is 1.67. The first-order chi connectivity index (χ1) is 6.75. The molecule has 4 atom stereocenters. The van der Waals surface area contributed by atoms with Crippen LogP contribution in [-0.4, -0.2) is 12.6 Å². The van der Waals surface area contributed by atoms with E-state index in [-0.39, 0.29) is 5.97 Å². The summed E-state index contributed by atoms with van der Waals surface area (Å²) in [5.74, 6) is 2.81. The highest BCUT2D eigenvalue weighted by atomic mass is 16.5. The van der Waals surface area contributed by atoms with Crippen LogP contribution in [-0.2, 0) is 9.53 Å². The number of ether oxygens (including phenoxy) is 1. The van der Waals surface area contributed by atoms with Crippen LogP contribution in [0.2, 0.25) is 0 Å². The van der Waals surface area contributed by atoms with Gasteiger partial charge in [0.25, 0.3) is 0 Å². The second-order valence-corrected chi connectivity index (χ2v) is 4.57. The molecule has 0 aromatic carbocycles. The molecule has 0 unspecified atom stereocenters. The molecule has 74 valence electrons. The molecule has 3 rings (SSSR count). The van der Waals surface area contributed by atoms with E-state index < -0.39 is 0 Å². The van der Waals surface area contributed by atoms with Crippen molar-refractivity contribution < 1.29 is 9.53 Å². The summed E-state index contributed by atoms with van der Waals surface area (Å²) in [6.45, 7) is 1.99. The minimum absolute atomic E-state index is 0.173. The Morgan fingerprint density at radius 3 is 3.00 bits per heavy atom. The number of hydrogen-bond acceptors (Lipinski definition) is 2. The van der Waals surface area contributed by atoms with Crippen LogP contribution in [0.15, 0.2) is 23.8 Å². The Kier molecular flexibility index (Phi) is 1.61. The van der Waals surface area contributed by atoms with E-state index in [1.807, 2.05) is 0 Å². The molecular formula is C12H14O2. The lowest BCUT2D eigenvalue weighted by molar-refractivity contribution is -0.140. The molecule has 2 nitrogen and oxygen atoms in total. The van der Waals surface area contributed by atoms with Crippen LogP contribution >= 0.6 is 0 Å². The van der Waals surface area contributed by atoms with Gasteiger partial charge in [-0.3, -0.25) is 4.79 Å². The van der Waals surface area contributed by atoms with E-state index in [0.717, 1.165) is 17.8 Å². The van der Waals surface area contributed by atoms with Gasteiger partial charge < -0.3 is 4.74 Å². The second-order valence-electron chi connectivity index (χ2n) is 4.57. The molecule has 0 aromatic rings. The third-order valence-corrected chi connectivity index (χ3v) is 3.80. The lowest BCUT2D eigenvalue weighted by Crippen LogP contribution is -2.31. The summed E-state index contributed by atoms with van der Waals surface area (Å²) in [6.07, 6.45) is 8.31. The molecule has 3 aliphatic carbocycles. The van der Waals surface area contributed by atoms with Gasteiger partial charge in [-0.2, -0.15) is 0 Å². The molecule has 2 bridgehead atoms. The Morgan fingerprint density at radius 2 is 2.29 bits per heavy atom. The first-order valence-corrected chi connectivity index (χ1v) is 5.28. The van der Waals surface area contributed by atoms with E-state index in [2.05, 4.69) is 18.2 Å². The van der Waals surface area contributed by atoms with Gasteiger partial charge >= 0.3 is 5.97 Å². The summed E-state index contributed by atoms with van der Waals surface area (Å²) in [5, 5.41) is 0. The summed E-state index contributed by atoms with van der Waals surface area (Å²) in [6, 6.07) is 0. The number of esters is 1. The standard InChI is InChI=1S/C12H14O2/c1-7(13)14-6-10-5-11-8-2-3-9(4-8)12(10)11/h2-3,5,8-9,11-12H,4,6H2,1H3/t8-,9-,11+,12-/m0/s1. The molecule has 14 heavy (non-hydrogen) atoms. The second kappa shape index (κ2) is 2.72. The van der Waals surface area contributed by atoms with Crippen LogP contribution in [0.1, 0.15) is 13.3 Å². The predicted molar refractivity (Wildman–Crippen MR) is 52.4 cm³/mol. The van der Waals surface area contributed by atoms with Crippen molar-refractivity contribution in [1.29, 1.82) is 0 Å². The predicted octanol–water partition coefficient (Wildman–Crippen LogP) is 1.93. The van der Waals surface area contributed by atoms with Crippen LogP contribution in [0.3, 0.4) is 0 Å². The molecule has 0 amide bonds. The van der Waals surface area contributed by atoms with Crippen molar-refractivity contribution in [3.05, 3.63) is 23.8 Å². The fraction of sp³-hybridized carbons (Fsp3) is 0.583. The molecular weight excluding hydrogens is 176 g/mol. The number of rotatable bonds is 2. The van der Waals surface area contributed by atoms with Crippen LogP contribution in [0.5, 0.6) is 0 Å². The van der Waals surface area contributed by atoms with E-state index >= 15 is 0 Å². The summed E-state index contributed by atoms with van der Waals surface area (Å²) in [4.78, 5) is 10.7. The fourth-order valence-electron chi connectivity index (χ4n) is 3.18. The van der Waals surface area contributed by atoms with Crippen LogP contribution in [0.25, 0.3) is 0 Å². The molecule has 3 aliphatic rings. The number of carbonyl (C=O) groups is 1. The first-order valence-electron chi connectivity index (χ1n) is 5.28. The quantitative estimate of drug-likeness (QED) is 0.491. The van der Waals surface area contributed by atoms with E-state index in [9.17, 15) is 4.79 Å². The average Bonchev–Trinajstić information content (AvgIpc) is 2.59. The lowest BCUT2D eigenvalue weighted by atomic mass is 9.69. The number of carbonyl (C=O) groups excluding carboxylic acids is 1. The summed E-state index contributed by atoms with van der Waals surface area (Å²) < 4.78 is 5.03. The molecule has 0 saturated heterocycles. The molecule has 2 heteroatoms. The molecule has 0 N–H and O–H groups in total.